The molecule has 6 heteroatoms. The fourth-order valence-corrected chi connectivity index (χ4v) is 4.47. The van der Waals surface area contributed by atoms with E-state index in [1.54, 1.807) is 18.2 Å². The monoisotopic (exact) mass is 393 g/mol. The largest absolute Gasteiger partial charge is 0.489 e. The summed E-state index contributed by atoms with van der Waals surface area (Å²) < 4.78 is 5.62. The Labute approximate surface area is 163 Å². The number of imide groups is 1. The van der Waals surface area contributed by atoms with Crippen molar-refractivity contribution >= 4 is 40.6 Å². The smallest absolute Gasteiger partial charge is 0.293 e. The van der Waals surface area contributed by atoms with Crippen LogP contribution in [-0.4, -0.2) is 28.7 Å². The average molecular weight is 394 g/mol. The van der Waals surface area contributed by atoms with E-state index in [1.165, 1.54) is 24.2 Å². The van der Waals surface area contributed by atoms with E-state index in [0.29, 0.717) is 28.1 Å². The molecule has 0 bridgehead atoms. The highest BCUT2D eigenvalue weighted by molar-refractivity contribution is 8.18. The summed E-state index contributed by atoms with van der Waals surface area (Å²) in [5, 5.41) is 0.326. The first-order chi connectivity index (χ1) is 12.4. The normalized spacial score (nSPS) is 20.5. The zero-order valence-corrected chi connectivity index (χ0v) is 16.7. The van der Waals surface area contributed by atoms with Crippen molar-refractivity contribution in [1.29, 1.82) is 0 Å². The Morgan fingerprint density at radius 2 is 2.00 bits per heavy atom. The van der Waals surface area contributed by atoms with Crippen LogP contribution in [0.3, 0.4) is 0 Å². The van der Waals surface area contributed by atoms with Gasteiger partial charge in [-0.3, -0.25) is 14.5 Å². The van der Waals surface area contributed by atoms with Crippen molar-refractivity contribution in [2.75, 3.05) is 6.54 Å². The Hall–Kier alpha value is -1.46. The van der Waals surface area contributed by atoms with Gasteiger partial charge < -0.3 is 4.74 Å². The van der Waals surface area contributed by atoms with Crippen LogP contribution in [0.5, 0.6) is 5.75 Å². The number of nitrogens with zero attached hydrogens (tertiary/aromatic N) is 1. The van der Waals surface area contributed by atoms with Crippen LogP contribution in [0.15, 0.2) is 23.1 Å². The second-order valence-corrected chi connectivity index (χ2v) is 8.55. The lowest BCUT2D eigenvalue weighted by molar-refractivity contribution is -0.123. The summed E-state index contributed by atoms with van der Waals surface area (Å²) in [7, 11) is 0. The number of thioether (sulfide) groups is 1. The first kappa shape index (κ1) is 19.3. The Bertz CT molecular complexity index is 726. The topological polar surface area (TPSA) is 46.6 Å². The Morgan fingerprint density at radius 1 is 1.27 bits per heavy atom. The molecule has 0 radical (unpaired) electrons. The quantitative estimate of drug-likeness (QED) is 0.598. The van der Waals surface area contributed by atoms with Crippen LogP contribution in [-0.2, 0) is 4.79 Å². The van der Waals surface area contributed by atoms with Crippen LogP contribution in [0.1, 0.15) is 51.5 Å². The third-order valence-electron chi connectivity index (χ3n) is 4.66. The molecular weight excluding hydrogens is 370 g/mol. The van der Waals surface area contributed by atoms with Crippen molar-refractivity contribution in [3.8, 4) is 5.75 Å². The first-order valence-corrected chi connectivity index (χ1v) is 10.3. The summed E-state index contributed by atoms with van der Waals surface area (Å²) in [4.78, 5) is 26.8. The van der Waals surface area contributed by atoms with E-state index in [2.05, 4.69) is 0 Å². The molecule has 1 aromatic rings. The number of halogens is 1. The van der Waals surface area contributed by atoms with Crippen molar-refractivity contribution < 1.29 is 14.3 Å². The summed E-state index contributed by atoms with van der Waals surface area (Å²) in [6, 6.07) is 5.40. The number of rotatable bonds is 5. The van der Waals surface area contributed by atoms with Gasteiger partial charge in [0.2, 0.25) is 0 Å². The number of hydrogen-bond donors (Lipinski definition) is 0. The molecule has 2 fully saturated rings. The zero-order chi connectivity index (χ0) is 18.7. The maximum Gasteiger partial charge on any atom is 0.293 e. The van der Waals surface area contributed by atoms with E-state index in [0.717, 1.165) is 30.2 Å². The standard InChI is InChI=1S/C20H24ClNO3S/c1-13(2)25-17-9-8-15(10-16(17)21)11-18-19(23)22(20(24)26-18)12-14-6-4-3-5-7-14/h8-11,13-14H,3-7,12H2,1-2H3/b18-11+. The van der Waals surface area contributed by atoms with Gasteiger partial charge in [0.15, 0.2) is 0 Å². The third-order valence-corrected chi connectivity index (χ3v) is 5.86. The molecule has 2 aliphatic rings. The van der Waals surface area contributed by atoms with Gasteiger partial charge in [-0.05, 0) is 68.1 Å². The van der Waals surface area contributed by atoms with Crippen molar-refractivity contribution in [2.24, 2.45) is 5.92 Å². The third kappa shape index (κ3) is 4.63. The second kappa shape index (κ2) is 8.49. The molecule has 3 rings (SSSR count). The highest BCUT2D eigenvalue weighted by atomic mass is 35.5. The molecule has 1 heterocycles. The van der Waals surface area contributed by atoms with Gasteiger partial charge in [-0.2, -0.15) is 0 Å². The van der Waals surface area contributed by atoms with Gasteiger partial charge in [0.05, 0.1) is 16.0 Å². The Morgan fingerprint density at radius 3 is 2.65 bits per heavy atom. The van der Waals surface area contributed by atoms with Crippen LogP contribution in [0.4, 0.5) is 4.79 Å². The molecule has 26 heavy (non-hydrogen) atoms. The van der Waals surface area contributed by atoms with Gasteiger partial charge in [-0.15, -0.1) is 0 Å². The van der Waals surface area contributed by atoms with Crippen LogP contribution >= 0.6 is 23.4 Å². The average Bonchev–Trinajstić information content (AvgIpc) is 2.85. The van der Waals surface area contributed by atoms with Crippen LogP contribution in [0, 0.1) is 5.92 Å². The number of carbonyl (C=O) groups is 2. The molecule has 4 nitrogen and oxygen atoms in total. The molecule has 1 saturated carbocycles. The van der Waals surface area contributed by atoms with Gasteiger partial charge in [-0.25, -0.2) is 0 Å². The lowest BCUT2D eigenvalue weighted by Gasteiger charge is -2.25. The highest BCUT2D eigenvalue weighted by Crippen LogP contribution is 2.35. The Balaban J connectivity index is 1.72. The zero-order valence-electron chi connectivity index (χ0n) is 15.2. The minimum Gasteiger partial charge on any atom is -0.489 e. The highest BCUT2D eigenvalue weighted by Gasteiger charge is 2.36. The minimum absolute atomic E-state index is 0.0367. The molecule has 1 aliphatic heterocycles. The molecule has 1 aliphatic carbocycles. The van der Waals surface area contributed by atoms with E-state index in [4.69, 9.17) is 16.3 Å². The number of hydrogen-bond acceptors (Lipinski definition) is 4. The lowest BCUT2D eigenvalue weighted by atomic mass is 9.89. The van der Waals surface area contributed by atoms with Crippen molar-refractivity contribution in [3.63, 3.8) is 0 Å². The Kier molecular flexibility index (Phi) is 6.30. The van der Waals surface area contributed by atoms with E-state index in [9.17, 15) is 9.59 Å². The van der Waals surface area contributed by atoms with E-state index in [-0.39, 0.29) is 17.3 Å². The van der Waals surface area contributed by atoms with E-state index >= 15 is 0 Å². The fourth-order valence-electron chi connectivity index (χ4n) is 3.39. The molecule has 0 spiro atoms. The molecule has 1 aromatic carbocycles. The van der Waals surface area contributed by atoms with E-state index < -0.39 is 0 Å². The number of amides is 2. The number of carbonyl (C=O) groups excluding carboxylic acids is 2. The van der Waals surface area contributed by atoms with Gasteiger partial charge in [0, 0.05) is 6.54 Å². The van der Waals surface area contributed by atoms with Crippen LogP contribution in [0.25, 0.3) is 6.08 Å². The van der Waals surface area contributed by atoms with Crippen LogP contribution in [0.2, 0.25) is 5.02 Å². The van der Waals surface area contributed by atoms with Gasteiger partial charge in [0.25, 0.3) is 11.1 Å². The predicted octanol–water partition coefficient (Wildman–Crippen LogP) is 5.74. The fraction of sp³-hybridized carbons (Fsp3) is 0.500. The summed E-state index contributed by atoms with van der Waals surface area (Å²) in [5.41, 5.74) is 0.786. The minimum atomic E-state index is -0.191. The van der Waals surface area contributed by atoms with Crippen molar-refractivity contribution in [3.05, 3.63) is 33.7 Å². The summed E-state index contributed by atoms with van der Waals surface area (Å²) in [5.74, 6) is 0.868. The summed E-state index contributed by atoms with van der Waals surface area (Å²) >= 11 is 7.27. The molecule has 0 N–H and O–H groups in total. The molecule has 2 amide bonds. The molecule has 1 saturated heterocycles. The molecule has 140 valence electrons. The molecule has 0 atom stereocenters. The summed E-state index contributed by atoms with van der Waals surface area (Å²) in [6.07, 6.45) is 7.63. The molecule has 0 unspecified atom stereocenters. The number of benzene rings is 1. The maximum atomic E-state index is 12.6. The summed E-state index contributed by atoms with van der Waals surface area (Å²) in [6.45, 7) is 4.42. The molecule has 0 aromatic heterocycles. The predicted molar refractivity (Wildman–Crippen MR) is 106 cm³/mol. The second-order valence-electron chi connectivity index (χ2n) is 7.15. The lowest BCUT2D eigenvalue weighted by Crippen LogP contribution is -2.34. The number of ether oxygens (including phenoxy) is 1. The van der Waals surface area contributed by atoms with E-state index in [1.807, 2.05) is 19.9 Å². The van der Waals surface area contributed by atoms with Gasteiger partial charge in [0.1, 0.15) is 5.75 Å². The van der Waals surface area contributed by atoms with Crippen LogP contribution < -0.4 is 4.74 Å². The first-order valence-electron chi connectivity index (χ1n) is 9.15. The van der Waals surface area contributed by atoms with Crippen molar-refractivity contribution in [1.82, 2.24) is 4.90 Å². The van der Waals surface area contributed by atoms with Crippen molar-refractivity contribution in [2.45, 2.75) is 52.1 Å². The molecular formula is C20H24ClNO3S. The SMILES string of the molecule is CC(C)Oc1ccc(/C=C2/SC(=O)N(CC3CCCCC3)C2=O)cc1Cl. The van der Waals surface area contributed by atoms with Gasteiger partial charge >= 0.3 is 0 Å². The van der Waals surface area contributed by atoms with Gasteiger partial charge in [-0.1, -0.05) is 36.9 Å². The maximum absolute atomic E-state index is 12.6.